The fraction of sp³-hybridized carbons (Fsp3) is 0.0526. The Hall–Kier alpha value is -2.94. The second kappa shape index (κ2) is 5.82. The standard InChI is InChI=1S/C19H18N2O/c1-14-6-5-9-16(12-14)21(15-7-3-2-4-8-15)17-10-11-18(20)19(22)13-17/h2-13,22H,20H2,1H3. The van der Waals surface area contributed by atoms with E-state index in [0.29, 0.717) is 5.69 Å². The highest BCUT2D eigenvalue weighted by atomic mass is 16.3. The molecule has 0 unspecified atom stereocenters. The molecule has 3 heteroatoms. The minimum Gasteiger partial charge on any atom is -0.506 e. The fourth-order valence-electron chi connectivity index (χ4n) is 2.46. The first kappa shape index (κ1) is 14.0. The second-order valence-electron chi connectivity index (χ2n) is 5.25. The third kappa shape index (κ3) is 2.74. The first-order chi connectivity index (χ1) is 10.6. The molecule has 3 aromatic rings. The number of hydrogen-bond donors (Lipinski definition) is 2. The summed E-state index contributed by atoms with van der Waals surface area (Å²) in [6.45, 7) is 2.06. The van der Waals surface area contributed by atoms with E-state index in [9.17, 15) is 5.11 Å². The topological polar surface area (TPSA) is 49.5 Å². The number of phenolic OH excluding ortho intramolecular Hbond substituents is 1. The van der Waals surface area contributed by atoms with Crippen molar-refractivity contribution < 1.29 is 5.11 Å². The molecule has 0 bridgehead atoms. The van der Waals surface area contributed by atoms with Gasteiger partial charge in [0, 0.05) is 23.1 Å². The lowest BCUT2D eigenvalue weighted by Gasteiger charge is -2.26. The van der Waals surface area contributed by atoms with Gasteiger partial charge in [-0.1, -0.05) is 30.3 Å². The van der Waals surface area contributed by atoms with Crippen molar-refractivity contribution in [2.24, 2.45) is 0 Å². The van der Waals surface area contributed by atoms with Crippen LogP contribution < -0.4 is 10.6 Å². The maximum atomic E-state index is 9.95. The predicted molar refractivity (Wildman–Crippen MR) is 91.9 cm³/mol. The molecule has 0 aliphatic heterocycles. The number of aromatic hydroxyl groups is 1. The number of anilines is 4. The molecule has 0 heterocycles. The van der Waals surface area contributed by atoms with E-state index in [1.54, 1.807) is 12.1 Å². The molecule has 0 atom stereocenters. The molecule has 0 radical (unpaired) electrons. The van der Waals surface area contributed by atoms with Crippen LogP contribution in [0.3, 0.4) is 0 Å². The molecule has 0 aliphatic rings. The number of para-hydroxylation sites is 1. The largest absolute Gasteiger partial charge is 0.506 e. The normalized spacial score (nSPS) is 10.4. The highest BCUT2D eigenvalue weighted by molar-refractivity contribution is 5.78. The zero-order valence-corrected chi connectivity index (χ0v) is 12.4. The molecule has 110 valence electrons. The van der Waals surface area contributed by atoms with Crippen molar-refractivity contribution in [3.05, 3.63) is 78.4 Å². The quantitative estimate of drug-likeness (QED) is 0.540. The minimum absolute atomic E-state index is 0.0890. The van der Waals surface area contributed by atoms with Crippen LogP contribution in [-0.4, -0.2) is 5.11 Å². The van der Waals surface area contributed by atoms with Gasteiger partial charge < -0.3 is 15.7 Å². The van der Waals surface area contributed by atoms with Gasteiger partial charge >= 0.3 is 0 Å². The summed E-state index contributed by atoms with van der Waals surface area (Å²) in [6.07, 6.45) is 0. The summed E-state index contributed by atoms with van der Waals surface area (Å²) >= 11 is 0. The van der Waals surface area contributed by atoms with Gasteiger partial charge in [-0.3, -0.25) is 0 Å². The number of nitrogen functional groups attached to an aromatic ring is 1. The van der Waals surface area contributed by atoms with Crippen LogP contribution in [0.1, 0.15) is 5.56 Å². The summed E-state index contributed by atoms with van der Waals surface area (Å²) in [5.74, 6) is 0.0890. The van der Waals surface area contributed by atoms with Crippen molar-refractivity contribution >= 4 is 22.7 Å². The number of aryl methyl sites for hydroxylation is 1. The van der Waals surface area contributed by atoms with E-state index in [0.717, 1.165) is 17.1 Å². The van der Waals surface area contributed by atoms with E-state index in [4.69, 9.17) is 5.73 Å². The Balaban J connectivity index is 2.16. The molecule has 0 amide bonds. The maximum absolute atomic E-state index is 9.95. The average molecular weight is 290 g/mol. The summed E-state index contributed by atoms with van der Waals surface area (Å²) in [5, 5.41) is 9.95. The summed E-state index contributed by atoms with van der Waals surface area (Å²) in [6, 6.07) is 23.6. The number of nitrogens with two attached hydrogens (primary N) is 1. The number of rotatable bonds is 3. The Morgan fingerprint density at radius 1 is 0.773 bits per heavy atom. The zero-order valence-electron chi connectivity index (χ0n) is 12.4. The van der Waals surface area contributed by atoms with Crippen LogP contribution in [0.25, 0.3) is 0 Å². The minimum atomic E-state index is 0.0890. The van der Waals surface area contributed by atoms with E-state index in [-0.39, 0.29) is 5.75 Å². The van der Waals surface area contributed by atoms with E-state index < -0.39 is 0 Å². The molecule has 0 saturated carbocycles. The summed E-state index contributed by atoms with van der Waals surface area (Å²) < 4.78 is 0. The van der Waals surface area contributed by atoms with Crippen LogP contribution in [0.4, 0.5) is 22.7 Å². The van der Waals surface area contributed by atoms with E-state index in [1.165, 1.54) is 5.56 Å². The average Bonchev–Trinajstić information content (AvgIpc) is 2.52. The number of phenols is 1. The van der Waals surface area contributed by atoms with Gasteiger partial charge in [-0.2, -0.15) is 0 Å². The van der Waals surface area contributed by atoms with Crippen molar-refractivity contribution in [3.8, 4) is 5.75 Å². The van der Waals surface area contributed by atoms with Gasteiger partial charge in [0.25, 0.3) is 0 Å². The lowest BCUT2D eigenvalue weighted by molar-refractivity contribution is 0.478. The summed E-state index contributed by atoms with van der Waals surface area (Å²) in [5.41, 5.74) is 10.2. The molecular weight excluding hydrogens is 272 g/mol. The Morgan fingerprint density at radius 3 is 2.14 bits per heavy atom. The second-order valence-corrected chi connectivity index (χ2v) is 5.25. The van der Waals surface area contributed by atoms with Crippen LogP contribution in [0.2, 0.25) is 0 Å². The van der Waals surface area contributed by atoms with Crippen LogP contribution in [0, 0.1) is 6.92 Å². The zero-order chi connectivity index (χ0) is 15.5. The van der Waals surface area contributed by atoms with Gasteiger partial charge in [-0.05, 0) is 48.9 Å². The molecule has 3 nitrogen and oxygen atoms in total. The van der Waals surface area contributed by atoms with Crippen LogP contribution in [0.5, 0.6) is 5.75 Å². The summed E-state index contributed by atoms with van der Waals surface area (Å²) in [7, 11) is 0. The SMILES string of the molecule is Cc1cccc(N(c2ccccc2)c2ccc(N)c(O)c2)c1. The lowest BCUT2D eigenvalue weighted by atomic mass is 10.1. The van der Waals surface area contributed by atoms with Gasteiger partial charge in [-0.25, -0.2) is 0 Å². The molecule has 0 saturated heterocycles. The molecule has 0 spiro atoms. The van der Waals surface area contributed by atoms with Crippen molar-refractivity contribution in [1.29, 1.82) is 0 Å². The van der Waals surface area contributed by atoms with E-state index in [1.807, 2.05) is 48.5 Å². The predicted octanol–water partition coefficient (Wildman–Crippen LogP) is 4.75. The first-order valence-electron chi connectivity index (χ1n) is 7.15. The molecule has 3 N–H and O–H groups in total. The van der Waals surface area contributed by atoms with E-state index >= 15 is 0 Å². The highest BCUT2D eigenvalue weighted by Gasteiger charge is 2.13. The molecule has 0 fully saturated rings. The molecule has 3 aromatic carbocycles. The van der Waals surface area contributed by atoms with Crippen LogP contribution in [-0.2, 0) is 0 Å². The van der Waals surface area contributed by atoms with Crippen LogP contribution >= 0.6 is 0 Å². The van der Waals surface area contributed by atoms with Crippen molar-refractivity contribution in [2.45, 2.75) is 6.92 Å². The molecule has 0 aliphatic carbocycles. The van der Waals surface area contributed by atoms with Gasteiger partial charge in [0.2, 0.25) is 0 Å². The Labute approximate surface area is 130 Å². The Bertz CT molecular complexity index is 784. The van der Waals surface area contributed by atoms with E-state index in [2.05, 4.69) is 24.0 Å². The van der Waals surface area contributed by atoms with Gasteiger partial charge in [0.1, 0.15) is 5.75 Å². The summed E-state index contributed by atoms with van der Waals surface area (Å²) in [4.78, 5) is 2.09. The molecule has 0 aromatic heterocycles. The number of nitrogens with zero attached hydrogens (tertiary/aromatic N) is 1. The van der Waals surface area contributed by atoms with Crippen LogP contribution in [0.15, 0.2) is 72.8 Å². The fourth-order valence-corrected chi connectivity index (χ4v) is 2.46. The third-order valence-corrected chi connectivity index (χ3v) is 3.55. The van der Waals surface area contributed by atoms with Gasteiger partial charge in [-0.15, -0.1) is 0 Å². The molecular formula is C19H18N2O. The highest BCUT2D eigenvalue weighted by Crippen LogP contribution is 2.37. The lowest BCUT2D eigenvalue weighted by Crippen LogP contribution is -2.10. The van der Waals surface area contributed by atoms with Crippen molar-refractivity contribution in [1.82, 2.24) is 0 Å². The monoisotopic (exact) mass is 290 g/mol. The number of hydrogen-bond acceptors (Lipinski definition) is 3. The number of benzene rings is 3. The maximum Gasteiger partial charge on any atom is 0.140 e. The first-order valence-corrected chi connectivity index (χ1v) is 7.15. The van der Waals surface area contributed by atoms with Crippen molar-refractivity contribution in [2.75, 3.05) is 10.6 Å². The van der Waals surface area contributed by atoms with Gasteiger partial charge in [0.15, 0.2) is 0 Å². The van der Waals surface area contributed by atoms with Gasteiger partial charge in [0.05, 0.1) is 5.69 Å². The van der Waals surface area contributed by atoms with Crippen molar-refractivity contribution in [3.63, 3.8) is 0 Å². The third-order valence-electron chi connectivity index (χ3n) is 3.55. The molecule has 3 rings (SSSR count). The Morgan fingerprint density at radius 2 is 1.45 bits per heavy atom. The molecule has 22 heavy (non-hydrogen) atoms. The smallest absolute Gasteiger partial charge is 0.140 e. The Kier molecular flexibility index (Phi) is 3.71.